The molecular formula is C28H36N2O9. The maximum atomic E-state index is 11.9. The first-order valence-electron chi connectivity index (χ1n) is 13.0. The van der Waals surface area contributed by atoms with E-state index in [9.17, 15) is 20.5 Å². The molecule has 2 aromatic carbocycles. The Bertz CT molecular complexity index is 1160. The monoisotopic (exact) mass is 544 g/mol. The van der Waals surface area contributed by atoms with Crippen LogP contribution in [0.5, 0.6) is 34.5 Å². The van der Waals surface area contributed by atoms with Gasteiger partial charge in [0.05, 0.1) is 45.3 Å². The Balaban J connectivity index is 1.90. The van der Waals surface area contributed by atoms with Crippen LogP contribution in [0.15, 0.2) is 30.3 Å². The van der Waals surface area contributed by atoms with E-state index in [1.54, 1.807) is 30.3 Å². The van der Waals surface area contributed by atoms with Crippen LogP contribution in [0.1, 0.15) is 52.0 Å². The van der Waals surface area contributed by atoms with Gasteiger partial charge in [-0.15, -0.1) is 0 Å². The number of aliphatic hydroxyl groups is 1. The Morgan fingerprint density at radius 3 is 2.18 bits per heavy atom. The number of nitriles is 1. The van der Waals surface area contributed by atoms with Gasteiger partial charge in [0.25, 0.3) is 0 Å². The summed E-state index contributed by atoms with van der Waals surface area (Å²) in [6.07, 6.45) is -2.01. The van der Waals surface area contributed by atoms with Gasteiger partial charge in [-0.1, -0.05) is 19.1 Å². The van der Waals surface area contributed by atoms with Crippen molar-refractivity contribution in [3.05, 3.63) is 46.0 Å². The molecular weight excluding hydrogens is 508 g/mol. The molecule has 0 saturated carbocycles. The molecule has 11 nitrogen and oxygen atoms in total. The second-order valence-corrected chi connectivity index (χ2v) is 9.04. The highest BCUT2D eigenvalue weighted by atomic mass is 16.7. The van der Waals surface area contributed by atoms with Gasteiger partial charge in [0.15, 0.2) is 23.0 Å². The average Bonchev–Trinajstić information content (AvgIpc) is 3.36. The number of hydrogen-bond acceptors (Lipinski definition) is 10. The van der Waals surface area contributed by atoms with E-state index in [1.807, 2.05) is 20.8 Å². The van der Waals surface area contributed by atoms with Crippen LogP contribution in [0, 0.1) is 21.4 Å². The third-order valence-electron chi connectivity index (χ3n) is 6.87. The van der Waals surface area contributed by atoms with Crippen molar-refractivity contribution in [2.45, 2.75) is 70.3 Å². The largest absolute Gasteiger partial charge is 0.490 e. The maximum Gasteiger partial charge on any atom is 0.248 e. The van der Waals surface area contributed by atoms with Gasteiger partial charge in [0.1, 0.15) is 6.10 Å². The molecule has 2 aromatic rings. The SMILES string of the molecule is CCOc1cc(C(C#N)(CC)CCC(O)C(CC2Oc3ccccc3O2)[N+](=O)[O-])c(OCC)c(OC)c1OC. The minimum atomic E-state index is -1.37. The number of rotatable bonds is 15. The van der Waals surface area contributed by atoms with E-state index in [0.717, 1.165) is 0 Å². The van der Waals surface area contributed by atoms with Crippen LogP contribution in [0.2, 0.25) is 0 Å². The third-order valence-corrected chi connectivity index (χ3v) is 6.87. The number of hydrogen-bond donors (Lipinski definition) is 1. The standard InChI is InChI=1S/C28H36N2O9/c1-6-28(17-29,18-15-23(36-7-2)26(34-4)27(35-5)25(18)37-8-3)14-13-20(31)19(30(32)33)16-24-38-21-11-9-10-12-22(21)39-24/h9-12,15,19-20,24,31H,6-8,13-14,16H2,1-5H3. The van der Waals surface area contributed by atoms with Gasteiger partial charge in [-0.2, -0.15) is 5.26 Å². The molecule has 0 bridgehead atoms. The van der Waals surface area contributed by atoms with Crippen molar-refractivity contribution in [1.29, 1.82) is 5.26 Å². The van der Waals surface area contributed by atoms with Gasteiger partial charge in [0, 0.05) is 10.5 Å². The zero-order valence-electron chi connectivity index (χ0n) is 23.0. The Hall–Kier alpha value is -3.91. The van der Waals surface area contributed by atoms with Crippen LogP contribution in [0.4, 0.5) is 0 Å². The molecule has 1 N–H and O–H groups in total. The highest BCUT2D eigenvalue weighted by molar-refractivity contribution is 5.65. The Kier molecular flexibility index (Phi) is 10.1. The first-order valence-corrected chi connectivity index (χ1v) is 13.0. The van der Waals surface area contributed by atoms with Crippen molar-refractivity contribution < 1.29 is 38.5 Å². The molecule has 0 aliphatic carbocycles. The fourth-order valence-corrected chi connectivity index (χ4v) is 4.80. The lowest BCUT2D eigenvalue weighted by atomic mass is 9.74. The van der Waals surface area contributed by atoms with Crippen molar-refractivity contribution in [3.8, 4) is 40.6 Å². The average molecular weight is 545 g/mol. The quantitative estimate of drug-likeness (QED) is 0.249. The predicted octanol–water partition coefficient (Wildman–Crippen LogP) is 4.65. The number of aliphatic hydroxyl groups excluding tert-OH is 1. The molecule has 0 saturated heterocycles. The number of methoxy groups -OCH3 is 2. The minimum absolute atomic E-state index is 0.0312. The number of para-hydroxylation sites is 2. The summed E-state index contributed by atoms with van der Waals surface area (Å²) in [6.45, 7) is 6.11. The van der Waals surface area contributed by atoms with Crippen LogP contribution >= 0.6 is 0 Å². The molecule has 212 valence electrons. The van der Waals surface area contributed by atoms with Crippen LogP contribution in [-0.2, 0) is 5.41 Å². The van der Waals surface area contributed by atoms with E-state index in [4.69, 9.17) is 28.4 Å². The lowest BCUT2D eigenvalue weighted by molar-refractivity contribution is -0.538. The number of benzene rings is 2. The molecule has 1 aliphatic rings. The van der Waals surface area contributed by atoms with Crippen LogP contribution < -0.4 is 28.4 Å². The molecule has 1 heterocycles. The summed E-state index contributed by atoms with van der Waals surface area (Å²) >= 11 is 0. The summed E-state index contributed by atoms with van der Waals surface area (Å²) < 4.78 is 34.2. The third kappa shape index (κ3) is 6.23. The lowest BCUT2D eigenvalue weighted by Crippen LogP contribution is -2.40. The van der Waals surface area contributed by atoms with E-state index < -0.39 is 28.8 Å². The van der Waals surface area contributed by atoms with Gasteiger partial charge in [-0.05, 0) is 51.3 Å². The smallest absolute Gasteiger partial charge is 0.248 e. The minimum Gasteiger partial charge on any atom is -0.490 e. The van der Waals surface area contributed by atoms with E-state index in [0.29, 0.717) is 53.9 Å². The number of nitro groups is 1. The lowest BCUT2D eigenvalue weighted by Gasteiger charge is -2.31. The fraction of sp³-hybridized carbons (Fsp3) is 0.536. The second kappa shape index (κ2) is 13.2. The van der Waals surface area contributed by atoms with Crippen LogP contribution in [0.3, 0.4) is 0 Å². The zero-order chi connectivity index (χ0) is 28.6. The molecule has 0 spiro atoms. The highest BCUT2D eigenvalue weighted by Gasteiger charge is 2.41. The van der Waals surface area contributed by atoms with Gasteiger partial charge in [-0.25, -0.2) is 0 Å². The van der Waals surface area contributed by atoms with Crippen LogP contribution in [-0.4, -0.2) is 55.9 Å². The second-order valence-electron chi connectivity index (χ2n) is 9.04. The Morgan fingerprint density at radius 1 is 1.08 bits per heavy atom. The van der Waals surface area contributed by atoms with E-state index in [1.165, 1.54) is 14.2 Å². The van der Waals surface area contributed by atoms with Crippen molar-refractivity contribution in [1.82, 2.24) is 0 Å². The number of nitrogens with zero attached hydrogens (tertiary/aromatic N) is 2. The molecule has 0 aromatic heterocycles. The van der Waals surface area contributed by atoms with E-state index in [-0.39, 0.29) is 25.0 Å². The van der Waals surface area contributed by atoms with E-state index in [2.05, 4.69) is 6.07 Å². The molecule has 3 rings (SSSR count). The van der Waals surface area contributed by atoms with Crippen molar-refractivity contribution in [2.75, 3.05) is 27.4 Å². The van der Waals surface area contributed by atoms with Crippen LogP contribution in [0.25, 0.3) is 0 Å². The van der Waals surface area contributed by atoms with Gasteiger partial charge in [0.2, 0.25) is 23.8 Å². The maximum absolute atomic E-state index is 11.9. The summed E-state index contributed by atoms with van der Waals surface area (Å²) in [5.41, 5.74) is -0.674. The summed E-state index contributed by atoms with van der Waals surface area (Å²) in [4.78, 5) is 11.4. The van der Waals surface area contributed by atoms with E-state index >= 15 is 0 Å². The zero-order valence-corrected chi connectivity index (χ0v) is 23.0. The highest BCUT2D eigenvalue weighted by Crippen LogP contribution is 2.52. The predicted molar refractivity (Wildman–Crippen MR) is 142 cm³/mol. The molecule has 0 fully saturated rings. The summed E-state index contributed by atoms with van der Waals surface area (Å²) in [6, 6.07) is 9.69. The number of ether oxygens (including phenoxy) is 6. The molecule has 11 heteroatoms. The first-order chi connectivity index (χ1) is 18.8. The summed E-state index contributed by atoms with van der Waals surface area (Å²) in [7, 11) is 2.95. The summed E-state index contributed by atoms with van der Waals surface area (Å²) in [5, 5.41) is 33.4. The normalized spacial score (nSPS) is 15.5. The first kappa shape index (κ1) is 29.6. The molecule has 1 aliphatic heterocycles. The molecule has 3 atom stereocenters. The molecule has 0 radical (unpaired) electrons. The summed E-state index contributed by atoms with van der Waals surface area (Å²) in [5.74, 6) is 2.32. The van der Waals surface area contributed by atoms with Gasteiger partial charge >= 0.3 is 0 Å². The Morgan fingerprint density at radius 2 is 1.69 bits per heavy atom. The van der Waals surface area contributed by atoms with Gasteiger partial charge in [-0.3, -0.25) is 10.1 Å². The van der Waals surface area contributed by atoms with Crippen molar-refractivity contribution in [2.24, 2.45) is 0 Å². The molecule has 39 heavy (non-hydrogen) atoms. The topological polar surface area (TPSA) is 143 Å². The van der Waals surface area contributed by atoms with Crippen molar-refractivity contribution in [3.63, 3.8) is 0 Å². The Labute approximate surface area is 228 Å². The van der Waals surface area contributed by atoms with Crippen molar-refractivity contribution >= 4 is 0 Å². The molecule has 0 amide bonds. The van der Waals surface area contributed by atoms with Gasteiger partial charge < -0.3 is 33.5 Å². The molecule has 3 unspecified atom stereocenters. The fourth-order valence-electron chi connectivity index (χ4n) is 4.80. The number of fused-ring (bicyclic) bond motifs is 1.